The summed E-state index contributed by atoms with van der Waals surface area (Å²) >= 11 is 0. The Morgan fingerprint density at radius 2 is 1.90 bits per heavy atom. The molecular weight excluding hydrogens is 390 g/mol. The Balaban J connectivity index is 1.79. The van der Waals surface area contributed by atoms with Gasteiger partial charge in [-0.05, 0) is 82.0 Å². The van der Waals surface area contributed by atoms with Gasteiger partial charge in [-0.3, -0.25) is 9.78 Å². The average molecular weight is 420 g/mol. The fourth-order valence-corrected chi connectivity index (χ4v) is 3.35. The Hall–Kier alpha value is -3.41. The van der Waals surface area contributed by atoms with E-state index in [1.807, 2.05) is 50.2 Å². The van der Waals surface area contributed by atoms with Gasteiger partial charge in [-0.15, -0.1) is 0 Å². The van der Waals surface area contributed by atoms with Crippen molar-refractivity contribution < 1.29 is 14.6 Å². The van der Waals surface area contributed by atoms with E-state index in [-0.39, 0.29) is 0 Å². The number of ether oxygens (including phenoxy) is 1. The second kappa shape index (κ2) is 9.16. The molecule has 0 radical (unpaired) electrons. The van der Waals surface area contributed by atoms with Crippen LogP contribution in [-0.4, -0.2) is 21.0 Å². The van der Waals surface area contributed by atoms with Crippen LogP contribution < -0.4 is 10.1 Å². The van der Waals surface area contributed by atoms with E-state index in [9.17, 15) is 9.90 Å². The molecule has 0 amide bonds. The number of aryl methyl sites for hydroxylation is 3. The first-order valence-corrected chi connectivity index (χ1v) is 10.4. The van der Waals surface area contributed by atoms with Crippen molar-refractivity contribution in [1.82, 2.24) is 9.97 Å². The van der Waals surface area contributed by atoms with Crippen LogP contribution in [0.25, 0.3) is 0 Å². The van der Waals surface area contributed by atoms with Gasteiger partial charge in [-0.25, -0.2) is 4.98 Å². The second-order valence-electron chi connectivity index (χ2n) is 8.42. The van der Waals surface area contributed by atoms with Crippen LogP contribution in [0.4, 0.5) is 11.5 Å². The molecule has 6 heteroatoms. The van der Waals surface area contributed by atoms with Crippen LogP contribution in [0.2, 0.25) is 0 Å². The number of hydrogen-bond acceptors (Lipinski definition) is 5. The minimum atomic E-state index is -0.837. The molecule has 0 aliphatic rings. The highest BCUT2D eigenvalue weighted by atomic mass is 16.5. The minimum absolute atomic E-state index is 0.440. The monoisotopic (exact) mass is 419 g/mol. The van der Waals surface area contributed by atoms with Gasteiger partial charge < -0.3 is 15.2 Å². The van der Waals surface area contributed by atoms with Gasteiger partial charge >= 0.3 is 5.97 Å². The molecule has 0 spiro atoms. The van der Waals surface area contributed by atoms with Gasteiger partial charge in [0, 0.05) is 23.6 Å². The van der Waals surface area contributed by atoms with Gasteiger partial charge in [0.05, 0.1) is 11.1 Å². The van der Waals surface area contributed by atoms with Gasteiger partial charge in [-0.1, -0.05) is 13.0 Å². The lowest BCUT2D eigenvalue weighted by Gasteiger charge is -2.20. The molecule has 3 aromatic rings. The topological polar surface area (TPSA) is 84.3 Å². The molecule has 162 valence electrons. The summed E-state index contributed by atoms with van der Waals surface area (Å²) in [7, 11) is 0. The molecule has 2 N–H and O–H groups in total. The maximum atomic E-state index is 11.5. The number of nitrogens with zero attached hydrogens (tertiary/aromatic N) is 2. The molecule has 0 fully saturated rings. The Labute approximate surface area is 183 Å². The highest BCUT2D eigenvalue weighted by Crippen LogP contribution is 2.29. The average Bonchev–Trinajstić information content (AvgIpc) is 2.69. The van der Waals surface area contributed by atoms with E-state index in [1.54, 1.807) is 26.1 Å². The molecule has 0 aliphatic carbocycles. The maximum Gasteiger partial charge on any atom is 0.309 e. The normalized spacial score (nSPS) is 11.3. The maximum absolute atomic E-state index is 11.5. The van der Waals surface area contributed by atoms with E-state index in [1.165, 1.54) is 0 Å². The number of rotatable bonds is 8. The zero-order valence-corrected chi connectivity index (χ0v) is 18.7. The van der Waals surface area contributed by atoms with Crippen molar-refractivity contribution in [2.24, 2.45) is 5.41 Å². The van der Waals surface area contributed by atoms with E-state index in [0.29, 0.717) is 23.7 Å². The lowest BCUT2D eigenvalue weighted by Crippen LogP contribution is -2.26. The number of benzene rings is 1. The molecular formula is C25H29N3O3. The van der Waals surface area contributed by atoms with Crippen molar-refractivity contribution in [3.05, 3.63) is 71.2 Å². The molecule has 0 saturated carbocycles. The molecule has 0 saturated heterocycles. The van der Waals surface area contributed by atoms with Crippen LogP contribution >= 0.6 is 0 Å². The third kappa shape index (κ3) is 5.81. The standard InChI is InChI=1S/C25H29N3O3/c1-6-19-7-8-22(17(3)27-19)31-21-9-10-26-23(14-21)28-20-12-16(2)11-18(13-20)15-25(4,5)24(29)30/h7-14H,6,15H2,1-5H3,(H,26,28)(H,29,30). The number of carbonyl (C=O) groups is 1. The third-order valence-electron chi connectivity index (χ3n) is 5.05. The first kappa shape index (κ1) is 22.3. The van der Waals surface area contributed by atoms with E-state index in [0.717, 1.165) is 34.6 Å². The number of aliphatic carboxylic acids is 1. The zero-order chi connectivity index (χ0) is 22.6. The summed E-state index contributed by atoms with van der Waals surface area (Å²) in [6, 6.07) is 13.5. The molecule has 3 rings (SSSR count). The fourth-order valence-electron chi connectivity index (χ4n) is 3.35. The minimum Gasteiger partial charge on any atom is -0.481 e. The zero-order valence-electron chi connectivity index (χ0n) is 18.7. The number of carboxylic acids is 1. The van der Waals surface area contributed by atoms with Crippen LogP contribution in [-0.2, 0) is 17.6 Å². The van der Waals surface area contributed by atoms with Crippen LogP contribution in [0.1, 0.15) is 43.3 Å². The quantitative estimate of drug-likeness (QED) is 0.477. The highest BCUT2D eigenvalue weighted by Gasteiger charge is 2.27. The van der Waals surface area contributed by atoms with Gasteiger partial charge in [0.2, 0.25) is 0 Å². The van der Waals surface area contributed by atoms with Crippen LogP contribution in [0.5, 0.6) is 11.5 Å². The van der Waals surface area contributed by atoms with E-state index in [2.05, 4.69) is 22.2 Å². The number of anilines is 2. The molecule has 1 aromatic carbocycles. The predicted molar refractivity (Wildman–Crippen MR) is 122 cm³/mol. The summed E-state index contributed by atoms with van der Waals surface area (Å²) in [6.45, 7) is 9.46. The summed E-state index contributed by atoms with van der Waals surface area (Å²) in [6.07, 6.45) is 3.01. The van der Waals surface area contributed by atoms with E-state index < -0.39 is 11.4 Å². The molecule has 0 unspecified atom stereocenters. The highest BCUT2D eigenvalue weighted by molar-refractivity contribution is 5.74. The number of nitrogens with one attached hydrogen (secondary N) is 1. The summed E-state index contributed by atoms with van der Waals surface area (Å²) in [5.74, 6) is 1.20. The van der Waals surface area contributed by atoms with E-state index >= 15 is 0 Å². The smallest absolute Gasteiger partial charge is 0.309 e. The van der Waals surface area contributed by atoms with Crippen LogP contribution in [0.3, 0.4) is 0 Å². The van der Waals surface area contributed by atoms with Gasteiger partial charge in [-0.2, -0.15) is 0 Å². The number of hydrogen-bond donors (Lipinski definition) is 2. The lowest BCUT2D eigenvalue weighted by molar-refractivity contribution is -0.146. The molecule has 2 aromatic heterocycles. The largest absolute Gasteiger partial charge is 0.481 e. The number of aromatic nitrogens is 2. The summed E-state index contributed by atoms with van der Waals surface area (Å²) in [5.41, 5.74) is 3.90. The molecule has 6 nitrogen and oxygen atoms in total. The summed E-state index contributed by atoms with van der Waals surface area (Å²) < 4.78 is 6.02. The predicted octanol–water partition coefficient (Wildman–Crippen LogP) is 5.85. The first-order valence-electron chi connectivity index (χ1n) is 10.4. The fraction of sp³-hybridized carbons (Fsp3) is 0.320. The molecule has 0 bridgehead atoms. The molecule has 0 aliphatic heterocycles. The lowest BCUT2D eigenvalue weighted by atomic mass is 9.85. The molecule has 0 atom stereocenters. The first-order chi connectivity index (χ1) is 14.7. The third-order valence-corrected chi connectivity index (χ3v) is 5.05. The number of carboxylic acid groups (broad SMARTS) is 1. The Morgan fingerprint density at radius 1 is 1.13 bits per heavy atom. The summed E-state index contributed by atoms with van der Waals surface area (Å²) in [4.78, 5) is 20.4. The Kier molecular flexibility index (Phi) is 6.59. The van der Waals surface area contributed by atoms with Crippen molar-refractivity contribution in [3.8, 4) is 11.5 Å². The van der Waals surface area contributed by atoms with Crippen molar-refractivity contribution in [3.63, 3.8) is 0 Å². The SMILES string of the molecule is CCc1ccc(Oc2ccnc(Nc3cc(C)cc(CC(C)(C)C(=O)O)c3)c2)c(C)n1. The molecule has 31 heavy (non-hydrogen) atoms. The number of pyridine rings is 2. The van der Waals surface area contributed by atoms with Crippen molar-refractivity contribution >= 4 is 17.5 Å². The van der Waals surface area contributed by atoms with Crippen molar-refractivity contribution in [1.29, 1.82) is 0 Å². The molecule has 2 heterocycles. The van der Waals surface area contributed by atoms with Crippen molar-refractivity contribution in [2.75, 3.05) is 5.32 Å². The van der Waals surface area contributed by atoms with Crippen molar-refractivity contribution in [2.45, 2.75) is 47.5 Å². The van der Waals surface area contributed by atoms with Crippen LogP contribution in [0, 0.1) is 19.3 Å². The van der Waals surface area contributed by atoms with Crippen LogP contribution in [0.15, 0.2) is 48.7 Å². The summed E-state index contributed by atoms with van der Waals surface area (Å²) in [5, 5.41) is 12.7. The Morgan fingerprint density at radius 3 is 2.58 bits per heavy atom. The Bertz CT molecular complexity index is 1090. The van der Waals surface area contributed by atoms with Gasteiger partial charge in [0.1, 0.15) is 17.3 Å². The van der Waals surface area contributed by atoms with E-state index in [4.69, 9.17) is 4.74 Å². The second-order valence-corrected chi connectivity index (χ2v) is 8.42. The van der Waals surface area contributed by atoms with Gasteiger partial charge in [0.15, 0.2) is 0 Å². The van der Waals surface area contributed by atoms with Gasteiger partial charge in [0.25, 0.3) is 0 Å².